The molecule has 1 aliphatic rings. The average Bonchev–Trinajstić information content (AvgIpc) is 2.76. The Morgan fingerprint density at radius 1 is 1.19 bits per heavy atom. The Balaban J connectivity index is 2.11. The first-order valence-corrected chi connectivity index (χ1v) is 7.46. The molecule has 1 aliphatic carbocycles. The number of hydrogen-bond donors (Lipinski definition) is 0. The van der Waals surface area contributed by atoms with Gasteiger partial charge >= 0.3 is 11.9 Å². The number of hydrogen-bond acceptors (Lipinski definition) is 4. The predicted molar refractivity (Wildman–Crippen MR) is 78.8 cm³/mol. The maximum atomic E-state index is 12.2. The summed E-state index contributed by atoms with van der Waals surface area (Å²) in [6, 6.07) is 8.89. The number of benzene rings is 1. The van der Waals surface area contributed by atoms with Crippen LogP contribution in [0.4, 0.5) is 0 Å². The van der Waals surface area contributed by atoms with Crippen molar-refractivity contribution in [1.82, 2.24) is 0 Å². The molecule has 1 aromatic carbocycles. The smallest absolute Gasteiger partial charge is 0.338 e. The van der Waals surface area contributed by atoms with Crippen molar-refractivity contribution in [2.45, 2.75) is 45.8 Å². The molecule has 0 spiro atoms. The van der Waals surface area contributed by atoms with Crippen LogP contribution in [-0.2, 0) is 14.3 Å². The van der Waals surface area contributed by atoms with Gasteiger partial charge in [-0.15, -0.1) is 0 Å². The van der Waals surface area contributed by atoms with Crippen LogP contribution in [0.15, 0.2) is 30.3 Å². The molecule has 21 heavy (non-hydrogen) atoms. The van der Waals surface area contributed by atoms with Gasteiger partial charge in [-0.25, -0.2) is 4.79 Å². The van der Waals surface area contributed by atoms with Crippen LogP contribution in [0.25, 0.3) is 0 Å². The van der Waals surface area contributed by atoms with E-state index in [4.69, 9.17) is 9.47 Å². The summed E-state index contributed by atoms with van der Waals surface area (Å²) >= 11 is 0. The highest BCUT2D eigenvalue weighted by atomic mass is 16.6. The summed E-state index contributed by atoms with van der Waals surface area (Å²) < 4.78 is 11.0. The molecule has 0 saturated heterocycles. The van der Waals surface area contributed by atoms with E-state index < -0.39 is 0 Å². The van der Waals surface area contributed by atoms with Crippen LogP contribution in [0.1, 0.15) is 44.0 Å². The molecule has 1 aromatic rings. The van der Waals surface area contributed by atoms with Crippen molar-refractivity contribution in [2.24, 2.45) is 11.8 Å². The van der Waals surface area contributed by atoms with Crippen molar-refractivity contribution in [2.75, 3.05) is 0 Å². The molecule has 0 aromatic heterocycles. The minimum atomic E-state index is -0.369. The summed E-state index contributed by atoms with van der Waals surface area (Å²) in [6.07, 6.45) is 1.03. The molecular formula is C17H22O4. The van der Waals surface area contributed by atoms with Crippen LogP contribution in [0.2, 0.25) is 0 Å². The van der Waals surface area contributed by atoms with Crippen LogP contribution in [0.3, 0.4) is 0 Å². The highest BCUT2D eigenvalue weighted by Crippen LogP contribution is 2.38. The Kier molecular flexibility index (Phi) is 4.99. The zero-order valence-corrected chi connectivity index (χ0v) is 12.7. The second kappa shape index (κ2) is 6.74. The molecule has 0 radical (unpaired) electrons. The maximum absolute atomic E-state index is 12.2. The largest absolute Gasteiger partial charge is 0.459 e. The molecule has 0 aliphatic heterocycles. The van der Waals surface area contributed by atoms with Gasteiger partial charge in [-0.1, -0.05) is 38.5 Å². The standard InChI is InChI=1S/C17H22O4/c1-4-13-10-15(20-12(3)18)16(11(13)2)21-17(19)14-8-6-5-7-9-14/h5-9,11,13,15-16H,4,10H2,1-3H3. The molecule has 0 bridgehead atoms. The zero-order valence-electron chi connectivity index (χ0n) is 12.7. The fraction of sp³-hybridized carbons (Fsp3) is 0.529. The van der Waals surface area contributed by atoms with E-state index in [2.05, 4.69) is 13.8 Å². The first-order valence-electron chi connectivity index (χ1n) is 7.46. The second-order valence-corrected chi connectivity index (χ2v) is 5.65. The quantitative estimate of drug-likeness (QED) is 0.799. The van der Waals surface area contributed by atoms with Crippen LogP contribution in [-0.4, -0.2) is 24.1 Å². The molecule has 4 nitrogen and oxygen atoms in total. The fourth-order valence-electron chi connectivity index (χ4n) is 3.07. The molecule has 1 saturated carbocycles. The maximum Gasteiger partial charge on any atom is 0.338 e. The first kappa shape index (κ1) is 15.5. The molecule has 0 N–H and O–H groups in total. The van der Waals surface area contributed by atoms with Crippen molar-refractivity contribution in [1.29, 1.82) is 0 Å². The van der Waals surface area contributed by atoms with E-state index in [1.54, 1.807) is 24.3 Å². The van der Waals surface area contributed by atoms with Gasteiger partial charge in [0.15, 0.2) is 0 Å². The van der Waals surface area contributed by atoms with Crippen molar-refractivity contribution in [3.8, 4) is 0 Å². The minimum Gasteiger partial charge on any atom is -0.459 e. The summed E-state index contributed by atoms with van der Waals surface area (Å²) in [4.78, 5) is 23.4. The van der Waals surface area contributed by atoms with Crippen molar-refractivity contribution in [3.05, 3.63) is 35.9 Å². The van der Waals surface area contributed by atoms with Gasteiger partial charge in [0.1, 0.15) is 12.2 Å². The van der Waals surface area contributed by atoms with E-state index >= 15 is 0 Å². The molecule has 2 rings (SSSR count). The van der Waals surface area contributed by atoms with Crippen molar-refractivity contribution >= 4 is 11.9 Å². The SMILES string of the molecule is CCC1CC(OC(C)=O)C(OC(=O)c2ccccc2)C1C. The Labute approximate surface area is 125 Å². The Morgan fingerprint density at radius 3 is 2.43 bits per heavy atom. The van der Waals surface area contributed by atoms with Gasteiger partial charge in [0.2, 0.25) is 0 Å². The van der Waals surface area contributed by atoms with E-state index in [0.29, 0.717) is 11.5 Å². The summed E-state index contributed by atoms with van der Waals surface area (Å²) in [5.74, 6) is -0.0963. The summed E-state index contributed by atoms with van der Waals surface area (Å²) in [5.41, 5.74) is 0.520. The van der Waals surface area contributed by atoms with Gasteiger partial charge in [0.05, 0.1) is 5.56 Å². The van der Waals surface area contributed by atoms with Gasteiger partial charge in [0, 0.05) is 6.92 Å². The van der Waals surface area contributed by atoms with Crippen LogP contribution in [0.5, 0.6) is 0 Å². The molecular weight excluding hydrogens is 268 g/mol. The zero-order chi connectivity index (χ0) is 15.4. The van der Waals surface area contributed by atoms with E-state index in [0.717, 1.165) is 12.8 Å². The van der Waals surface area contributed by atoms with E-state index in [1.807, 2.05) is 6.07 Å². The lowest BCUT2D eigenvalue weighted by Gasteiger charge is -2.23. The minimum absolute atomic E-state index is 0.187. The fourth-order valence-corrected chi connectivity index (χ4v) is 3.07. The predicted octanol–water partition coefficient (Wildman–Crippen LogP) is 3.21. The lowest BCUT2D eigenvalue weighted by atomic mass is 9.94. The highest BCUT2D eigenvalue weighted by molar-refractivity contribution is 5.89. The summed E-state index contributed by atoms with van der Waals surface area (Å²) in [7, 11) is 0. The number of rotatable bonds is 4. The monoisotopic (exact) mass is 290 g/mol. The third-order valence-electron chi connectivity index (χ3n) is 4.26. The third kappa shape index (κ3) is 3.63. The van der Waals surface area contributed by atoms with Crippen LogP contribution in [0, 0.1) is 11.8 Å². The summed E-state index contributed by atoms with van der Waals surface area (Å²) in [5, 5.41) is 0. The lowest BCUT2D eigenvalue weighted by molar-refractivity contribution is -0.151. The average molecular weight is 290 g/mol. The van der Waals surface area contributed by atoms with E-state index in [9.17, 15) is 9.59 Å². The Morgan fingerprint density at radius 2 is 1.86 bits per heavy atom. The molecule has 4 unspecified atom stereocenters. The lowest BCUT2D eigenvalue weighted by Crippen LogP contribution is -2.33. The Bertz CT molecular complexity index is 497. The normalized spacial score (nSPS) is 28.1. The second-order valence-electron chi connectivity index (χ2n) is 5.65. The van der Waals surface area contributed by atoms with Gasteiger partial charge in [-0.05, 0) is 30.4 Å². The highest BCUT2D eigenvalue weighted by Gasteiger charge is 2.44. The van der Waals surface area contributed by atoms with E-state index in [-0.39, 0.29) is 30.1 Å². The van der Waals surface area contributed by atoms with E-state index in [1.165, 1.54) is 6.92 Å². The first-order chi connectivity index (χ1) is 10.0. The molecule has 4 heteroatoms. The number of carbonyl (C=O) groups is 2. The van der Waals surface area contributed by atoms with Crippen molar-refractivity contribution in [3.63, 3.8) is 0 Å². The molecule has 1 fully saturated rings. The van der Waals surface area contributed by atoms with Crippen molar-refractivity contribution < 1.29 is 19.1 Å². The van der Waals surface area contributed by atoms with Crippen LogP contribution >= 0.6 is 0 Å². The topological polar surface area (TPSA) is 52.6 Å². The third-order valence-corrected chi connectivity index (χ3v) is 4.26. The number of ether oxygens (including phenoxy) is 2. The van der Waals surface area contributed by atoms with Gasteiger partial charge in [-0.2, -0.15) is 0 Å². The molecule has 114 valence electrons. The number of carbonyl (C=O) groups excluding carboxylic acids is 2. The Hall–Kier alpha value is -1.84. The molecule has 4 atom stereocenters. The number of esters is 2. The van der Waals surface area contributed by atoms with Gasteiger partial charge in [0.25, 0.3) is 0 Å². The van der Waals surface area contributed by atoms with Gasteiger partial charge < -0.3 is 9.47 Å². The molecule has 0 heterocycles. The summed E-state index contributed by atoms with van der Waals surface area (Å²) in [6.45, 7) is 5.55. The molecule has 0 amide bonds. The van der Waals surface area contributed by atoms with Crippen LogP contribution < -0.4 is 0 Å². The van der Waals surface area contributed by atoms with Gasteiger partial charge in [-0.3, -0.25) is 4.79 Å².